The first kappa shape index (κ1) is 12.6. The van der Waals surface area contributed by atoms with Crippen LogP contribution in [0.15, 0.2) is 0 Å². The van der Waals surface area contributed by atoms with E-state index in [1.165, 1.54) is 0 Å². The second-order valence-corrected chi connectivity index (χ2v) is 5.72. The predicted octanol–water partition coefficient (Wildman–Crippen LogP) is 0.797. The van der Waals surface area contributed by atoms with E-state index in [1.807, 2.05) is 6.92 Å². The Bertz CT molecular complexity index is 357. The number of aldehydes is 1. The number of amides is 1. The number of carbonyl (C=O) groups is 2. The van der Waals surface area contributed by atoms with Gasteiger partial charge in [-0.15, -0.1) is 0 Å². The van der Waals surface area contributed by atoms with Gasteiger partial charge in [-0.3, -0.25) is 4.79 Å². The molecule has 3 unspecified atom stereocenters. The molecule has 1 saturated heterocycles. The zero-order valence-corrected chi connectivity index (χ0v) is 10.9. The molecule has 1 heterocycles. The van der Waals surface area contributed by atoms with Gasteiger partial charge in [0.05, 0.1) is 6.54 Å². The second kappa shape index (κ2) is 3.80. The van der Waals surface area contributed by atoms with Gasteiger partial charge in [-0.1, -0.05) is 20.3 Å². The van der Waals surface area contributed by atoms with Crippen LogP contribution < -0.4 is 5.73 Å². The highest BCUT2D eigenvalue weighted by molar-refractivity contribution is 5.85. The fourth-order valence-electron chi connectivity index (χ4n) is 4.10. The summed E-state index contributed by atoms with van der Waals surface area (Å²) in [5, 5.41) is 0. The number of hydrogen-bond acceptors (Lipinski definition) is 3. The van der Waals surface area contributed by atoms with Crippen molar-refractivity contribution in [2.45, 2.75) is 39.2 Å². The molecule has 96 valence electrons. The highest BCUT2D eigenvalue weighted by atomic mass is 16.2. The van der Waals surface area contributed by atoms with E-state index in [0.29, 0.717) is 18.4 Å². The van der Waals surface area contributed by atoms with Crippen LogP contribution in [0.2, 0.25) is 0 Å². The minimum absolute atomic E-state index is 0.00826. The molecule has 4 nitrogen and oxygen atoms in total. The molecule has 4 heteroatoms. The van der Waals surface area contributed by atoms with Gasteiger partial charge in [0.1, 0.15) is 11.8 Å². The molecular formula is C13H22N2O2. The first-order chi connectivity index (χ1) is 7.97. The number of carbonyl (C=O) groups excluding carboxylic acids is 2. The average molecular weight is 238 g/mol. The lowest BCUT2D eigenvalue weighted by Crippen LogP contribution is -2.53. The number of hydrogen-bond donors (Lipinski definition) is 1. The Hall–Kier alpha value is -0.900. The molecule has 2 fully saturated rings. The lowest BCUT2D eigenvalue weighted by molar-refractivity contribution is -0.139. The van der Waals surface area contributed by atoms with Crippen LogP contribution >= 0.6 is 0 Å². The van der Waals surface area contributed by atoms with E-state index in [1.54, 1.807) is 4.90 Å². The van der Waals surface area contributed by atoms with E-state index in [2.05, 4.69) is 13.8 Å². The molecular weight excluding hydrogens is 216 g/mol. The maximum absolute atomic E-state index is 11.9. The van der Waals surface area contributed by atoms with Crippen molar-refractivity contribution in [1.29, 1.82) is 0 Å². The lowest BCUT2D eigenvalue weighted by atomic mass is 9.75. The molecule has 0 aromatic carbocycles. The maximum atomic E-state index is 11.9. The van der Waals surface area contributed by atoms with Gasteiger partial charge < -0.3 is 15.4 Å². The van der Waals surface area contributed by atoms with Crippen LogP contribution in [0.5, 0.6) is 0 Å². The zero-order valence-electron chi connectivity index (χ0n) is 10.9. The minimum Gasteiger partial charge on any atom is -0.329 e. The fourth-order valence-corrected chi connectivity index (χ4v) is 4.10. The van der Waals surface area contributed by atoms with Crippen LogP contribution in [0.3, 0.4) is 0 Å². The van der Waals surface area contributed by atoms with E-state index in [0.717, 1.165) is 19.1 Å². The summed E-state index contributed by atoms with van der Waals surface area (Å²) in [6.07, 6.45) is 3.04. The number of nitrogens with zero attached hydrogens (tertiary/aromatic N) is 1. The van der Waals surface area contributed by atoms with Crippen LogP contribution in [-0.4, -0.2) is 35.7 Å². The van der Waals surface area contributed by atoms with Gasteiger partial charge in [-0.25, -0.2) is 0 Å². The summed E-state index contributed by atoms with van der Waals surface area (Å²) >= 11 is 0. The largest absolute Gasteiger partial charge is 0.329 e. The molecule has 1 aliphatic heterocycles. The summed E-state index contributed by atoms with van der Waals surface area (Å²) in [5.74, 6) is 0.857. The topological polar surface area (TPSA) is 63.4 Å². The summed E-state index contributed by atoms with van der Waals surface area (Å²) in [7, 11) is 0. The summed E-state index contributed by atoms with van der Waals surface area (Å²) in [5.41, 5.74) is 4.81. The lowest BCUT2D eigenvalue weighted by Gasteiger charge is -2.35. The molecule has 1 aliphatic carbocycles. The number of likely N-dealkylation sites (tertiary alicyclic amines) is 1. The fraction of sp³-hybridized carbons (Fsp3) is 0.846. The molecule has 2 aliphatic rings. The summed E-state index contributed by atoms with van der Waals surface area (Å²) in [6, 6.07) is 0. The number of rotatable bonds is 3. The molecule has 0 bridgehead atoms. The van der Waals surface area contributed by atoms with Crippen LogP contribution in [0.1, 0.15) is 33.6 Å². The Morgan fingerprint density at radius 3 is 2.53 bits per heavy atom. The van der Waals surface area contributed by atoms with Crippen molar-refractivity contribution in [1.82, 2.24) is 4.90 Å². The third-order valence-electron chi connectivity index (χ3n) is 5.20. The van der Waals surface area contributed by atoms with E-state index >= 15 is 0 Å². The Labute approximate surface area is 103 Å². The van der Waals surface area contributed by atoms with Gasteiger partial charge in [0, 0.05) is 12.0 Å². The normalized spacial score (nSPS) is 44.1. The molecule has 4 atom stereocenters. The Morgan fingerprint density at radius 2 is 2.18 bits per heavy atom. The van der Waals surface area contributed by atoms with Crippen molar-refractivity contribution >= 4 is 12.2 Å². The highest BCUT2D eigenvalue weighted by Gasteiger charge is 2.72. The summed E-state index contributed by atoms with van der Waals surface area (Å²) < 4.78 is 0. The summed E-state index contributed by atoms with van der Waals surface area (Å²) in [6.45, 7) is 6.91. The van der Waals surface area contributed by atoms with Gasteiger partial charge >= 0.3 is 0 Å². The highest BCUT2D eigenvalue weighted by Crippen LogP contribution is 2.69. The standard InChI is InChI=1S/C13H22N2O2/c1-4-10-7-15(11(17)6-14)12(3,8-16)13(10)5-9(13)2/h8-10H,4-7,14H2,1-3H3/t9-,10?,12?,13?/m1/s1. The van der Waals surface area contributed by atoms with Gasteiger partial charge in [0.15, 0.2) is 0 Å². The van der Waals surface area contributed by atoms with Gasteiger partial charge in [0.2, 0.25) is 5.91 Å². The van der Waals surface area contributed by atoms with E-state index in [-0.39, 0.29) is 17.9 Å². The molecule has 17 heavy (non-hydrogen) atoms. The monoisotopic (exact) mass is 238 g/mol. The molecule has 2 N–H and O–H groups in total. The predicted molar refractivity (Wildman–Crippen MR) is 65.2 cm³/mol. The third-order valence-corrected chi connectivity index (χ3v) is 5.20. The van der Waals surface area contributed by atoms with Crippen LogP contribution in [-0.2, 0) is 9.59 Å². The van der Waals surface area contributed by atoms with E-state index < -0.39 is 5.54 Å². The van der Waals surface area contributed by atoms with Crippen molar-refractivity contribution in [2.24, 2.45) is 23.0 Å². The minimum atomic E-state index is -0.649. The van der Waals surface area contributed by atoms with Crippen molar-refractivity contribution in [3.63, 3.8) is 0 Å². The molecule has 1 amide bonds. The van der Waals surface area contributed by atoms with Crippen LogP contribution in [0, 0.1) is 17.3 Å². The third kappa shape index (κ3) is 1.33. The first-order valence-corrected chi connectivity index (χ1v) is 6.44. The zero-order chi connectivity index (χ0) is 12.8. The first-order valence-electron chi connectivity index (χ1n) is 6.44. The molecule has 0 aromatic rings. The maximum Gasteiger partial charge on any atom is 0.237 e. The second-order valence-electron chi connectivity index (χ2n) is 5.72. The summed E-state index contributed by atoms with van der Waals surface area (Å²) in [4.78, 5) is 25.2. The average Bonchev–Trinajstić information content (AvgIpc) is 2.94. The van der Waals surface area contributed by atoms with E-state index in [4.69, 9.17) is 5.73 Å². The molecule has 2 rings (SSSR count). The molecule has 0 radical (unpaired) electrons. The van der Waals surface area contributed by atoms with Gasteiger partial charge in [-0.05, 0) is 25.2 Å². The molecule has 1 saturated carbocycles. The van der Waals surface area contributed by atoms with Crippen molar-refractivity contribution in [3.8, 4) is 0 Å². The van der Waals surface area contributed by atoms with Gasteiger partial charge in [0.25, 0.3) is 0 Å². The van der Waals surface area contributed by atoms with Crippen molar-refractivity contribution in [3.05, 3.63) is 0 Å². The SMILES string of the molecule is CCC1CN(C(=O)CN)C(C)(C=O)C12C[C@H]2C. The van der Waals surface area contributed by atoms with E-state index in [9.17, 15) is 9.59 Å². The van der Waals surface area contributed by atoms with Crippen molar-refractivity contribution < 1.29 is 9.59 Å². The molecule has 0 aromatic heterocycles. The van der Waals surface area contributed by atoms with Crippen LogP contribution in [0.4, 0.5) is 0 Å². The Balaban J connectivity index is 2.40. The smallest absolute Gasteiger partial charge is 0.237 e. The molecule has 1 spiro atoms. The Morgan fingerprint density at radius 1 is 1.59 bits per heavy atom. The van der Waals surface area contributed by atoms with Crippen LogP contribution in [0.25, 0.3) is 0 Å². The van der Waals surface area contributed by atoms with Crippen molar-refractivity contribution in [2.75, 3.05) is 13.1 Å². The quantitative estimate of drug-likeness (QED) is 0.740. The number of nitrogens with two attached hydrogens (primary N) is 1. The Kier molecular flexibility index (Phi) is 2.81. The van der Waals surface area contributed by atoms with Gasteiger partial charge in [-0.2, -0.15) is 0 Å².